The van der Waals surface area contributed by atoms with Crippen LogP contribution in [0.4, 0.5) is 0 Å². The average Bonchev–Trinajstić information content (AvgIpc) is 2.47. The van der Waals surface area contributed by atoms with Crippen molar-refractivity contribution >= 4 is 10.9 Å². The van der Waals surface area contributed by atoms with E-state index in [1.165, 1.54) is 16.5 Å². The van der Waals surface area contributed by atoms with Gasteiger partial charge in [0.05, 0.1) is 21.1 Å². The summed E-state index contributed by atoms with van der Waals surface area (Å²) < 4.78 is 0.932. The van der Waals surface area contributed by atoms with Crippen LogP contribution in [0.25, 0.3) is 10.9 Å². The molecule has 0 atom stereocenters. The van der Waals surface area contributed by atoms with E-state index in [1.54, 1.807) is 0 Å². The number of hydrogen-bond acceptors (Lipinski definition) is 1. The molecule has 0 spiro atoms. The minimum atomic E-state index is 0. The third-order valence-electron chi connectivity index (χ3n) is 2.21. The first-order valence-corrected chi connectivity index (χ1v) is 4.77. The highest BCUT2D eigenvalue weighted by Crippen LogP contribution is 2.18. The second-order valence-corrected chi connectivity index (χ2v) is 4.68. The largest absolute Gasteiger partial charge is 1.00 e. The Morgan fingerprint density at radius 1 is 1.33 bits per heavy atom. The number of pyridine rings is 1. The van der Waals surface area contributed by atoms with Gasteiger partial charge in [0.2, 0.25) is 0 Å². The van der Waals surface area contributed by atoms with E-state index in [4.69, 9.17) is 0 Å². The van der Waals surface area contributed by atoms with Gasteiger partial charge in [0.25, 0.3) is 0 Å². The predicted molar refractivity (Wildman–Crippen MR) is 57.8 cm³/mol. The number of nitrogens with one attached hydrogen (secondary N) is 1. The highest BCUT2D eigenvalue weighted by Gasteiger charge is 2.12. The number of quaternary nitrogens is 1. The molecule has 2 aromatic heterocycles. The van der Waals surface area contributed by atoms with Crippen molar-refractivity contribution in [2.45, 2.75) is 6.54 Å². The Balaban J connectivity index is 0.00000112. The number of fused-ring (bicyclic) bond motifs is 1. The summed E-state index contributed by atoms with van der Waals surface area (Å²) >= 11 is 0. The third kappa shape index (κ3) is 2.92. The van der Waals surface area contributed by atoms with Crippen molar-refractivity contribution in [2.24, 2.45) is 0 Å². The maximum Gasteiger partial charge on any atom is 0.106 e. The summed E-state index contributed by atoms with van der Waals surface area (Å²) in [5.41, 5.74) is 2.50. The second-order valence-electron chi connectivity index (χ2n) is 4.68. The quantitative estimate of drug-likeness (QED) is 0.546. The van der Waals surface area contributed by atoms with E-state index < -0.39 is 0 Å². The predicted octanol–water partition coefficient (Wildman–Crippen LogP) is -1.23. The molecule has 0 aliphatic heterocycles. The smallest absolute Gasteiger partial charge is 0.106 e. The summed E-state index contributed by atoms with van der Waals surface area (Å²) in [6.45, 7) is 1.02. The molecule has 4 heteroatoms. The number of H-pyrrole nitrogens is 1. The lowest BCUT2D eigenvalue weighted by Gasteiger charge is -2.23. The molecule has 82 valence electrons. The fraction of sp³-hybridized carbons (Fsp3) is 0.364. The first-order chi connectivity index (χ1) is 6.56. The van der Waals surface area contributed by atoms with Crippen LogP contribution in [-0.2, 0) is 6.54 Å². The highest BCUT2D eigenvalue weighted by atomic mass is 127. The molecular weight excluding hydrogens is 301 g/mol. The molecule has 0 amide bonds. The molecule has 3 nitrogen and oxygen atoms in total. The fourth-order valence-corrected chi connectivity index (χ4v) is 1.66. The summed E-state index contributed by atoms with van der Waals surface area (Å²) in [6.07, 6.45) is 5.82. The Bertz CT molecular complexity index is 442. The molecule has 0 aliphatic rings. The zero-order chi connectivity index (χ0) is 10.2. The zero-order valence-electron chi connectivity index (χ0n) is 9.29. The van der Waals surface area contributed by atoms with Crippen molar-refractivity contribution in [3.8, 4) is 0 Å². The zero-order valence-corrected chi connectivity index (χ0v) is 11.4. The fourth-order valence-electron chi connectivity index (χ4n) is 1.66. The first-order valence-electron chi connectivity index (χ1n) is 4.77. The van der Waals surface area contributed by atoms with E-state index in [0.717, 1.165) is 11.0 Å². The van der Waals surface area contributed by atoms with Crippen LogP contribution in [0.15, 0.2) is 24.7 Å². The van der Waals surface area contributed by atoms with Gasteiger partial charge in [-0.2, -0.15) is 0 Å². The van der Waals surface area contributed by atoms with E-state index in [1.807, 2.05) is 18.5 Å². The van der Waals surface area contributed by atoms with Crippen molar-refractivity contribution in [3.63, 3.8) is 0 Å². The van der Waals surface area contributed by atoms with E-state index in [0.29, 0.717) is 0 Å². The molecule has 0 saturated heterocycles. The number of aromatic nitrogens is 2. The SMILES string of the molecule is C[N+](C)(C)Cc1c[nH]c2ccncc12.[I-]. The minimum absolute atomic E-state index is 0. The molecular formula is C11H16IN3. The molecule has 2 heterocycles. The van der Waals surface area contributed by atoms with Gasteiger partial charge in [0.15, 0.2) is 0 Å². The maximum absolute atomic E-state index is 4.15. The number of nitrogens with zero attached hydrogens (tertiary/aromatic N) is 2. The lowest BCUT2D eigenvalue weighted by atomic mass is 10.2. The first kappa shape index (κ1) is 12.4. The molecule has 15 heavy (non-hydrogen) atoms. The van der Waals surface area contributed by atoms with Crippen molar-refractivity contribution in [3.05, 3.63) is 30.2 Å². The Hall–Kier alpha value is -0.620. The van der Waals surface area contributed by atoms with Gasteiger partial charge in [-0.3, -0.25) is 4.98 Å². The Kier molecular flexibility index (Phi) is 3.72. The Labute approximate surface area is 107 Å². The monoisotopic (exact) mass is 317 g/mol. The summed E-state index contributed by atoms with van der Waals surface area (Å²) in [5.74, 6) is 0. The molecule has 2 rings (SSSR count). The van der Waals surface area contributed by atoms with Crippen molar-refractivity contribution in [1.82, 2.24) is 9.97 Å². The number of aromatic amines is 1. The van der Waals surface area contributed by atoms with Crippen LogP contribution in [-0.4, -0.2) is 35.6 Å². The van der Waals surface area contributed by atoms with Gasteiger partial charge in [0, 0.05) is 35.1 Å². The highest BCUT2D eigenvalue weighted by molar-refractivity contribution is 5.81. The molecule has 0 aromatic carbocycles. The van der Waals surface area contributed by atoms with Gasteiger partial charge in [-0.15, -0.1) is 0 Å². The summed E-state index contributed by atoms with van der Waals surface area (Å²) in [7, 11) is 6.57. The maximum atomic E-state index is 4.15. The average molecular weight is 317 g/mol. The summed E-state index contributed by atoms with van der Waals surface area (Å²) in [6, 6.07) is 2.01. The Morgan fingerprint density at radius 3 is 2.73 bits per heavy atom. The summed E-state index contributed by atoms with van der Waals surface area (Å²) in [4.78, 5) is 7.41. The van der Waals surface area contributed by atoms with Crippen LogP contribution >= 0.6 is 0 Å². The molecule has 0 aliphatic carbocycles. The van der Waals surface area contributed by atoms with E-state index in [-0.39, 0.29) is 24.0 Å². The number of hydrogen-bond donors (Lipinski definition) is 1. The second kappa shape index (κ2) is 4.49. The van der Waals surface area contributed by atoms with Crippen LogP contribution in [0.1, 0.15) is 5.56 Å². The van der Waals surface area contributed by atoms with Crippen molar-refractivity contribution in [2.75, 3.05) is 21.1 Å². The molecule has 0 radical (unpaired) electrons. The standard InChI is InChI=1S/C11H16N3.HI/c1-14(2,3)8-9-6-13-11-4-5-12-7-10(9)11;/h4-7,13H,8H2,1-3H3;1H/q+1;/p-1. The van der Waals surface area contributed by atoms with Crippen LogP contribution < -0.4 is 24.0 Å². The van der Waals surface area contributed by atoms with Crippen molar-refractivity contribution < 1.29 is 28.5 Å². The van der Waals surface area contributed by atoms with Crippen LogP contribution in [0.5, 0.6) is 0 Å². The molecule has 0 bridgehead atoms. The summed E-state index contributed by atoms with van der Waals surface area (Å²) in [5, 5.41) is 1.24. The topological polar surface area (TPSA) is 28.7 Å². The van der Waals surface area contributed by atoms with Gasteiger partial charge in [-0.25, -0.2) is 0 Å². The van der Waals surface area contributed by atoms with Gasteiger partial charge in [-0.05, 0) is 6.07 Å². The lowest BCUT2D eigenvalue weighted by Crippen LogP contribution is -3.00. The molecule has 0 fully saturated rings. The molecule has 0 saturated carbocycles. The Morgan fingerprint density at radius 2 is 2.07 bits per heavy atom. The van der Waals surface area contributed by atoms with E-state index in [2.05, 4.69) is 37.3 Å². The molecule has 2 aromatic rings. The molecule has 0 unspecified atom stereocenters. The van der Waals surface area contributed by atoms with Gasteiger partial charge < -0.3 is 33.4 Å². The van der Waals surface area contributed by atoms with Crippen LogP contribution in [0, 0.1) is 0 Å². The van der Waals surface area contributed by atoms with E-state index in [9.17, 15) is 0 Å². The molecule has 1 N–H and O–H groups in total. The van der Waals surface area contributed by atoms with Crippen LogP contribution in [0.3, 0.4) is 0 Å². The normalized spacial score (nSPS) is 11.4. The van der Waals surface area contributed by atoms with Gasteiger partial charge in [-0.1, -0.05) is 0 Å². The number of halogens is 1. The van der Waals surface area contributed by atoms with Crippen LogP contribution in [0.2, 0.25) is 0 Å². The van der Waals surface area contributed by atoms with Gasteiger partial charge in [0.1, 0.15) is 6.54 Å². The third-order valence-corrected chi connectivity index (χ3v) is 2.21. The lowest BCUT2D eigenvalue weighted by molar-refractivity contribution is -0.883. The van der Waals surface area contributed by atoms with Crippen molar-refractivity contribution in [1.29, 1.82) is 0 Å². The minimum Gasteiger partial charge on any atom is -1.00 e. The van der Waals surface area contributed by atoms with Gasteiger partial charge >= 0.3 is 0 Å². The number of rotatable bonds is 2. The van der Waals surface area contributed by atoms with E-state index >= 15 is 0 Å².